The molecule has 2 heterocycles. The molecule has 112 valence electrons. The van der Waals surface area contributed by atoms with Crippen molar-refractivity contribution in [2.75, 3.05) is 30.0 Å². The Hall–Kier alpha value is -2.17. The van der Waals surface area contributed by atoms with Crippen molar-refractivity contribution in [3.63, 3.8) is 0 Å². The van der Waals surface area contributed by atoms with Gasteiger partial charge in [-0.3, -0.25) is 4.79 Å². The van der Waals surface area contributed by atoms with Crippen molar-refractivity contribution in [3.8, 4) is 11.5 Å². The number of fused-ring (bicyclic) bond motifs is 2. The lowest BCUT2D eigenvalue weighted by Gasteiger charge is -2.36. The number of anilines is 2. The van der Waals surface area contributed by atoms with E-state index in [-0.39, 0.29) is 11.9 Å². The van der Waals surface area contributed by atoms with Crippen LogP contribution in [0.3, 0.4) is 0 Å². The molecule has 1 N–H and O–H groups in total. The molecule has 0 saturated heterocycles. The van der Waals surface area contributed by atoms with E-state index in [0.29, 0.717) is 25.5 Å². The summed E-state index contributed by atoms with van der Waals surface area (Å²) in [6.45, 7) is 9.45. The van der Waals surface area contributed by atoms with Gasteiger partial charge in [-0.15, -0.1) is 0 Å². The van der Waals surface area contributed by atoms with Gasteiger partial charge in [0, 0.05) is 18.7 Å². The molecule has 1 unspecified atom stereocenters. The number of ether oxygens (including phenoxy) is 2. The molecule has 1 aromatic carbocycles. The number of benzene rings is 1. The Morgan fingerprint density at radius 1 is 1.38 bits per heavy atom. The van der Waals surface area contributed by atoms with Crippen molar-refractivity contribution in [1.29, 1.82) is 0 Å². The highest BCUT2D eigenvalue weighted by Crippen LogP contribution is 2.42. The van der Waals surface area contributed by atoms with Crippen LogP contribution in [0.25, 0.3) is 0 Å². The van der Waals surface area contributed by atoms with Crippen molar-refractivity contribution in [3.05, 3.63) is 24.3 Å². The molecular weight excluding hydrogens is 268 g/mol. The Labute approximate surface area is 124 Å². The average molecular weight is 288 g/mol. The lowest BCUT2D eigenvalue weighted by Crippen LogP contribution is -2.47. The van der Waals surface area contributed by atoms with E-state index >= 15 is 0 Å². The quantitative estimate of drug-likeness (QED) is 0.869. The molecule has 0 bridgehead atoms. The largest absolute Gasteiger partial charge is 0.486 e. The highest BCUT2D eigenvalue weighted by molar-refractivity contribution is 6.05. The Kier molecular flexibility index (Phi) is 3.49. The number of hydrogen-bond donors (Lipinski definition) is 1. The minimum atomic E-state index is -0.209. The molecule has 0 aromatic heterocycles. The van der Waals surface area contributed by atoms with Gasteiger partial charge in [0.1, 0.15) is 19.3 Å². The number of amides is 1. The van der Waals surface area contributed by atoms with Crippen molar-refractivity contribution in [1.82, 2.24) is 0 Å². The zero-order chi connectivity index (χ0) is 15.0. The second-order valence-corrected chi connectivity index (χ2v) is 5.50. The summed E-state index contributed by atoms with van der Waals surface area (Å²) in [6.07, 6.45) is 0.736. The van der Waals surface area contributed by atoms with Crippen LogP contribution in [0.15, 0.2) is 24.3 Å². The highest BCUT2D eigenvalue weighted by atomic mass is 16.6. The first-order valence-corrected chi connectivity index (χ1v) is 7.26. The number of nitrogens with one attached hydrogen (secondary N) is 1. The SMILES string of the molecule is C=C(C)CN1C(=O)C(CC)Nc2cc3c(cc21)OCCO3. The summed E-state index contributed by atoms with van der Waals surface area (Å²) in [6, 6.07) is 3.59. The fraction of sp³-hybridized carbons (Fsp3) is 0.438. The van der Waals surface area contributed by atoms with Gasteiger partial charge < -0.3 is 19.7 Å². The average Bonchev–Trinajstić information content (AvgIpc) is 2.48. The van der Waals surface area contributed by atoms with Crippen LogP contribution in [-0.4, -0.2) is 31.7 Å². The summed E-state index contributed by atoms with van der Waals surface area (Å²) < 4.78 is 11.2. The lowest BCUT2D eigenvalue weighted by molar-refractivity contribution is -0.119. The van der Waals surface area contributed by atoms with Gasteiger partial charge in [-0.2, -0.15) is 0 Å². The second kappa shape index (κ2) is 5.31. The van der Waals surface area contributed by atoms with Gasteiger partial charge in [0.15, 0.2) is 11.5 Å². The van der Waals surface area contributed by atoms with Gasteiger partial charge in [-0.1, -0.05) is 19.1 Å². The maximum atomic E-state index is 12.6. The molecule has 5 nitrogen and oxygen atoms in total. The molecule has 1 aromatic rings. The smallest absolute Gasteiger partial charge is 0.249 e. The summed E-state index contributed by atoms with van der Waals surface area (Å²) >= 11 is 0. The molecule has 2 aliphatic rings. The molecular formula is C16H20N2O3. The van der Waals surface area contributed by atoms with Gasteiger partial charge in [0.25, 0.3) is 0 Å². The maximum Gasteiger partial charge on any atom is 0.249 e. The van der Waals surface area contributed by atoms with Crippen molar-refractivity contribution >= 4 is 17.3 Å². The molecule has 0 aliphatic carbocycles. The summed E-state index contributed by atoms with van der Waals surface area (Å²) in [5.41, 5.74) is 2.69. The molecule has 3 rings (SSSR count). The van der Waals surface area contributed by atoms with E-state index in [2.05, 4.69) is 11.9 Å². The Bertz CT molecular complexity index is 597. The first kappa shape index (κ1) is 13.8. The molecule has 0 radical (unpaired) electrons. The normalized spacial score (nSPS) is 19.8. The van der Waals surface area contributed by atoms with Crippen LogP contribution in [0.2, 0.25) is 0 Å². The van der Waals surface area contributed by atoms with Crippen LogP contribution in [0.1, 0.15) is 20.3 Å². The molecule has 2 aliphatic heterocycles. The minimum absolute atomic E-state index is 0.0738. The van der Waals surface area contributed by atoms with Gasteiger partial charge in [-0.25, -0.2) is 0 Å². The Morgan fingerprint density at radius 2 is 2.05 bits per heavy atom. The van der Waals surface area contributed by atoms with Crippen LogP contribution in [-0.2, 0) is 4.79 Å². The summed E-state index contributed by atoms with van der Waals surface area (Å²) in [5.74, 6) is 1.49. The van der Waals surface area contributed by atoms with E-state index in [1.165, 1.54) is 0 Å². The van der Waals surface area contributed by atoms with Crippen LogP contribution in [0.4, 0.5) is 11.4 Å². The van der Waals surface area contributed by atoms with E-state index in [1.807, 2.05) is 26.0 Å². The molecule has 5 heteroatoms. The van der Waals surface area contributed by atoms with Gasteiger partial charge in [0.05, 0.1) is 11.4 Å². The Morgan fingerprint density at radius 3 is 2.67 bits per heavy atom. The number of carbonyl (C=O) groups is 1. The maximum absolute atomic E-state index is 12.6. The van der Waals surface area contributed by atoms with Gasteiger partial charge in [0.2, 0.25) is 5.91 Å². The van der Waals surface area contributed by atoms with E-state index in [4.69, 9.17) is 9.47 Å². The summed E-state index contributed by atoms with van der Waals surface area (Å²) in [5, 5.41) is 3.29. The fourth-order valence-corrected chi connectivity index (χ4v) is 2.68. The standard InChI is InChI=1S/C16H20N2O3/c1-4-11-16(19)18(9-10(2)3)13-8-15-14(7-12(13)17-11)20-5-6-21-15/h7-8,11,17H,2,4-6,9H2,1,3H3. The van der Waals surface area contributed by atoms with Crippen LogP contribution >= 0.6 is 0 Å². The van der Waals surface area contributed by atoms with E-state index in [9.17, 15) is 4.79 Å². The molecule has 1 amide bonds. The topological polar surface area (TPSA) is 50.8 Å². The van der Waals surface area contributed by atoms with Gasteiger partial charge in [-0.05, 0) is 13.3 Å². The van der Waals surface area contributed by atoms with E-state index in [0.717, 1.165) is 29.1 Å². The van der Waals surface area contributed by atoms with Crippen molar-refractivity contribution in [2.24, 2.45) is 0 Å². The molecule has 0 fully saturated rings. The van der Waals surface area contributed by atoms with E-state index < -0.39 is 0 Å². The zero-order valence-electron chi connectivity index (χ0n) is 12.4. The molecule has 21 heavy (non-hydrogen) atoms. The first-order valence-electron chi connectivity index (χ1n) is 7.26. The number of nitrogens with zero attached hydrogens (tertiary/aromatic N) is 1. The predicted octanol–water partition coefficient (Wildman–Crippen LogP) is 2.57. The Balaban J connectivity index is 2.06. The zero-order valence-corrected chi connectivity index (χ0v) is 12.4. The van der Waals surface area contributed by atoms with Gasteiger partial charge >= 0.3 is 0 Å². The van der Waals surface area contributed by atoms with E-state index in [1.54, 1.807) is 4.90 Å². The second-order valence-electron chi connectivity index (χ2n) is 5.50. The van der Waals surface area contributed by atoms with Crippen molar-refractivity contribution < 1.29 is 14.3 Å². The number of carbonyl (C=O) groups excluding carboxylic acids is 1. The van der Waals surface area contributed by atoms with Crippen LogP contribution in [0.5, 0.6) is 11.5 Å². The lowest BCUT2D eigenvalue weighted by atomic mass is 10.1. The third kappa shape index (κ3) is 2.44. The highest BCUT2D eigenvalue weighted by Gasteiger charge is 2.33. The van der Waals surface area contributed by atoms with Crippen LogP contribution < -0.4 is 19.7 Å². The molecule has 0 saturated carbocycles. The molecule has 1 atom stereocenters. The third-order valence-corrected chi connectivity index (χ3v) is 3.68. The summed E-state index contributed by atoms with van der Waals surface area (Å²) in [4.78, 5) is 14.4. The first-order chi connectivity index (χ1) is 10.1. The van der Waals surface area contributed by atoms with Crippen molar-refractivity contribution in [2.45, 2.75) is 26.3 Å². The van der Waals surface area contributed by atoms with Crippen LogP contribution in [0, 0.1) is 0 Å². The monoisotopic (exact) mass is 288 g/mol. The summed E-state index contributed by atoms with van der Waals surface area (Å²) in [7, 11) is 0. The third-order valence-electron chi connectivity index (χ3n) is 3.68. The number of hydrogen-bond acceptors (Lipinski definition) is 4. The fourth-order valence-electron chi connectivity index (χ4n) is 2.68. The predicted molar refractivity (Wildman–Crippen MR) is 82.3 cm³/mol. The number of rotatable bonds is 3. The minimum Gasteiger partial charge on any atom is -0.486 e. The molecule has 0 spiro atoms.